The molecule has 4 rings (SSSR count). The van der Waals surface area contributed by atoms with Crippen molar-refractivity contribution in [1.29, 1.82) is 0 Å². The predicted octanol–water partition coefficient (Wildman–Crippen LogP) is 1.68. The lowest BCUT2D eigenvalue weighted by molar-refractivity contribution is 0.152. The third kappa shape index (κ3) is 3.40. The van der Waals surface area contributed by atoms with Crippen LogP contribution in [-0.4, -0.2) is 67.8 Å². The van der Waals surface area contributed by atoms with Crippen molar-refractivity contribution in [3.63, 3.8) is 0 Å². The second-order valence-electron chi connectivity index (χ2n) is 7.88. The first kappa shape index (κ1) is 14.8. The van der Waals surface area contributed by atoms with Gasteiger partial charge < -0.3 is 15.0 Å². The lowest BCUT2D eigenvalue weighted by Gasteiger charge is -2.24. The van der Waals surface area contributed by atoms with Crippen LogP contribution in [0.1, 0.15) is 38.5 Å². The van der Waals surface area contributed by atoms with E-state index in [9.17, 15) is 4.79 Å². The fourth-order valence-corrected chi connectivity index (χ4v) is 3.99. The van der Waals surface area contributed by atoms with E-state index in [0.717, 1.165) is 64.2 Å². The SMILES string of the molecule is O=C(NCCN(CC1CC1)C1CC1)N1CC[C@]2(CCOC2)C1. The molecule has 5 heteroatoms. The molecular weight excluding hydrogens is 278 g/mol. The zero-order valence-corrected chi connectivity index (χ0v) is 13.6. The Hall–Kier alpha value is -0.810. The molecule has 4 fully saturated rings. The second kappa shape index (κ2) is 6.00. The van der Waals surface area contributed by atoms with Gasteiger partial charge >= 0.3 is 6.03 Å². The minimum Gasteiger partial charge on any atom is -0.381 e. The highest BCUT2D eigenvalue weighted by atomic mass is 16.5. The fraction of sp³-hybridized carbons (Fsp3) is 0.941. The molecule has 2 saturated heterocycles. The van der Waals surface area contributed by atoms with Gasteiger partial charge in [0.05, 0.1) is 6.61 Å². The number of carbonyl (C=O) groups excluding carboxylic acids is 1. The van der Waals surface area contributed by atoms with E-state index >= 15 is 0 Å². The van der Waals surface area contributed by atoms with Crippen LogP contribution >= 0.6 is 0 Å². The van der Waals surface area contributed by atoms with Gasteiger partial charge in [-0.1, -0.05) is 0 Å². The Kier molecular flexibility index (Phi) is 4.03. The summed E-state index contributed by atoms with van der Waals surface area (Å²) in [7, 11) is 0. The number of rotatable bonds is 6. The molecule has 2 aliphatic carbocycles. The highest BCUT2D eigenvalue weighted by molar-refractivity contribution is 5.74. The maximum absolute atomic E-state index is 12.3. The average Bonchev–Trinajstić information content (AvgIpc) is 3.44. The third-order valence-electron chi connectivity index (χ3n) is 5.84. The van der Waals surface area contributed by atoms with Crippen LogP contribution in [0.25, 0.3) is 0 Å². The van der Waals surface area contributed by atoms with E-state index in [-0.39, 0.29) is 11.4 Å². The molecule has 2 aliphatic heterocycles. The molecule has 0 aromatic carbocycles. The average molecular weight is 307 g/mol. The highest BCUT2D eigenvalue weighted by Gasteiger charge is 2.42. The monoisotopic (exact) mass is 307 g/mol. The van der Waals surface area contributed by atoms with Gasteiger partial charge in [0.1, 0.15) is 0 Å². The molecule has 2 heterocycles. The van der Waals surface area contributed by atoms with Crippen LogP contribution in [0.2, 0.25) is 0 Å². The van der Waals surface area contributed by atoms with Gasteiger partial charge in [0.2, 0.25) is 0 Å². The Labute approximate surface area is 133 Å². The Morgan fingerprint density at radius 2 is 2.14 bits per heavy atom. The molecule has 0 radical (unpaired) electrons. The summed E-state index contributed by atoms with van der Waals surface area (Å²) in [6, 6.07) is 0.939. The Morgan fingerprint density at radius 3 is 2.82 bits per heavy atom. The molecule has 1 spiro atoms. The number of urea groups is 1. The topological polar surface area (TPSA) is 44.8 Å². The number of amides is 2. The number of nitrogens with one attached hydrogen (secondary N) is 1. The van der Waals surface area contributed by atoms with Crippen LogP contribution in [-0.2, 0) is 4.74 Å². The molecule has 5 nitrogen and oxygen atoms in total. The van der Waals surface area contributed by atoms with Crippen LogP contribution < -0.4 is 5.32 Å². The quantitative estimate of drug-likeness (QED) is 0.812. The molecule has 1 N–H and O–H groups in total. The number of hydrogen-bond donors (Lipinski definition) is 1. The van der Waals surface area contributed by atoms with Crippen molar-refractivity contribution >= 4 is 6.03 Å². The molecule has 0 aromatic rings. The molecule has 4 aliphatic rings. The van der Waals surface area contributed by atoms with E-state index in [1.165, 1.54) is 32.2 Å². The molecular formula is C17H29N3O2. The number of nitrogens with zero attached hydrogens (tertiary/aromatic N) is 2. The van der Waals surface area contributed by atoms with Crippen molar-refractivity contribution < 1.29 is 9.53 Å². The van der Waals surface area contributed by atoms with Crippen molar-refractivity contribution in [2.45, 2.75) is 44.6 Å². The molecule has 2 saturated carbocycles. The normalized spacial score (nSPS) is 31.4. The zero-order valence-electron chi connectivity index (χ0n) is 13.6. The lowest BCUT2D eigenvalue weighted by atomic mass is 9.87. The minimum atomic E-state index is 0.131. The maximum Gasteiger partial charge on any atom is 0.317 e. The molecule has 124 valence electrons. The highest BCUT2D eigenvalue weighted by Crippen LogP contribution is 2.38. The van der Waals surface area contributed by atoms with Gasteiger partial charge in [-0.3, -0.25) is 4.90 Å². The summed E-state index contributed by atoms with van der Waals surface area (Å²) in [5.74, 6) is 0.942. The van der Waals surface area contributed by atoms with E-state index in [4.69, 9.17) is 4.74 Å². The van der Waals surface area contributed by atoms with Gasteiger partial charge in [0, 0.05) is 50.8 Å². The smallest absolute Gasteiger partial charge is 0.317 e. The summed E-state index contributed by atoms with van der Waals surface area (Å²) in [5, 5.41) is 3.14. The molecule has 2 amide bonds. The van der Waals surface area contributed by atoms with Crippen molar-refractivity contribution in [1.82, 2.24) is 15.1 Å². The van der Waals surface area contributed by atoms with Crippen LogP contribution in [0.15, 0.2) is 0 Å². The molecule has 0 unspecified atom stereocenters. The minimum absolute atomic E-state index is 0.131. The largest absolute Gasteiger partial charge is 0.381 e. The second-order valence-corrected chi connectivity index (χ2v) is 7.88. The van der Waals surface area contributed by atoms with Gasteiger partial charge in [0.15, 0.2) is 0 Å². The van der Waals surface area contributed by atoms with Crippen LogP contribution in [0, 0.1) is 11.3 Å². The Bertz CT molecular complexity index is 414. The van der Waals surface area contributed by atoms with Gasteiger partial charge in [-0.25, -0.2) is 4.79 Å². The fourth-order valence-electron chi connectivity index (χ4n) is 3.99. The first-order valence-corrected chi connectivity index (χ1v) is 9.09. The van der Waals surface area contributed by atoms with Crippen molar-refractivity contribution in [2.75, 3.05) is 45.9 Å². The van der Waals surface area contributed by atoms with Crippen LogP contribution in [0.3, 0.4) is 0 Å². The first-order chi connectivity index (χ1) is 10.7. The molecule has 1 atom stereocenters. The maximum atomic E-state index is 12.3. The molecule has 0 aromatic heterocycles. The first-order valence-electron chi connectivity index (χ1n) is 9.09. The number of hydrogen-bond acceptors (Lipinski definition) is 3. The zero-order chi connectivity index (χ0) is 15.0. The predicted molar refractivity (Wildman–Crippen MR) is 84.8 cm³/mol. The molecule has 22 heavy (non-hydrogen) atoms. The van der Waals surface area contributed by atoms with Gasteiger partial charge in [0.25, 0.3) is 0 Å². The summed E-state index contributed by atoms with van der Waals surface area (Å²) in [5.41, 5.74) is 0.267. The Balaban J connectivity index is 1.19. The van der Waals surface area contributed by atoms with E-state index in [1.54, 1.807) is 0 Å². The number of ether oxygens (including phenoxy) is 1. The number of likely N-dealkylation sites (tertiary alicyclic amines) is 1. The van der Waals surface area contributed by atoms with Gasteiger partial charge in [-0.2, -0.15) is 0 Å². The lowest BCUT2D eigenvalue weighted by Crippen LogP contribution is -2.43. The summed E-state index contributed by atoms with van der Waals surface area (Å²) in [4.78, 5) is 16.9. The van der Waals surface area contributed by atoms with Gasteiger partial charge in [-0.05, 0) is 44.4 Å². The number of carbonyl (C=O) groups is 1. The van der Waals surface area contributed by atoms with Gasteiger partial charge in [-0.15, -0.1) is 0 Å². The standard InChI is InChI=1S/C17H29N3O2/c21-16(20-8-5-17(12-20)6-10-22-13-17)18-7-9-19(15-3-4-15)11-14-1-2-14/h14-15H,1-13H2,(H,18,21)/t17-/m0/s1. The van der Waals surface area contributed by atoms with E-state index in [0.29, 0.717) is 0 Å². The van der Waals surface area contributed by atoms with Crippen molar-refractivity contribution in [2.24, 2.45) is 11.3 Å². The van der Waals surface area contributed by atoms with E-state index in [1.807, 2.05) is 4.90 Å². The summed E-state index contributed by atoms with van der Waals surface area (Å²) < 4.78 is 5.53. The van der Waals surface area contributed by atoms with Crippen molar-refractivity contribution in [3.8, 4) is 0 Å². The summed E-state index contributed by atoms with van der Waals surface area (Å²) in [6.45, 7) is 6.55. The van der Waals surface area contributed by atoms with E-state index < -0.39 is 0 Å². The summed E-state index contributed by atoms with van der Waals surface area (Å²) in [6.07, 6.45) is 7.76. The van der Waals surface area contributed by atoms with Crippen molar-refractivity contribution in [3.05, 3.63) is 0 Å². The Morgan fingerprint density at radius 1 is 1.27 bits per heavy atom. The van der Waals surface area contributed by atoms with Crippen LogP contribution in [0.4, 0.5) is 4.79 Å². The van der Waals surface area contributed by atoms with E-state index in [2.05, 4.69) is 10.2 Å². The molecule has 0 bridgehead atoms. The third-order valence-corrected chi connectivity index (χ3v) is 5.84. The summed E-state index contributed by atoms with van der Waals surface area (Å²) >= 11 is 0. The van der Waals surface area contributed by atoms with Crippen LogP contribution in [0.5, 0.6) is 0 Å².